The van der Waals surface area contributed by atoms with Gasteiger partial charge in [0.2, 0.25) is 0 Å². The summed E-state index contributed by atoms with van der Waals surface area (Å²) in [6.45, 7) is 0. The van der Waals surface area contributed by atoms with E-state index in [1.807, 2.05) is 0 Å². The number of benzene rings is 2. The van der Waals surface area contributed by atoms with Crippen LogP contribution in [0.1, 0.15) is 36.0 Å². The average Bonchev–Trinajstić information content (AvgIpc) is 2.93. The fraction of sp³-hybridized carbons (Fsp3) is 0.364. The van der Waals surface area contributed by atoms with E-state index in [1.165, 1.54) is 12.1 Å². The van der Waals surface area contributed by atoms with Crippen LogP contribution in [0.15, 0.2) is 41.3 Å². The third-order valence-electron chi connectivity index (χ3n) is 6.66. The van der Waals surface area contributed by atoms with Crippen molar-refractivity contribution >= 4 is 39.0 Å². The minimum Gasteiger partial charge on any atom is -0.479 e. The molecule has 1 amide bonds. The summed E-state index contributed by atoms with van der Waals surface area (Å²) >= 11 is 6.15. The predicted octanol–water partition coefficient (Wildman–Crippen LogP) is 3.65. The summed E-state index contributed by atoms with van der Waals surface area (Å²) in [7, 11) is -4.06. The first kappa shape index (κ1) is 23.6. The molecular weight excluding hydrogens is 480 g/mol. The van der Waals surface area contributed by atoms with Gasteiger partial charge in [-0.15, -0.1) is 0 Å². The molecule has 2 bridgehead atoms. The van der Waals surface area contributed by atoms with E-state index in [2.05, 4.69) is 5.32 Å². The molecule has 4 rings (SSSR count). The molecule has 0 heterocycles. The highest BCUT2D eigenvalue weighted by molar-refractivity contribution is 7.92. The number of aliphatic hydroxyl groups is 1. The molecule has 2 aliphatic rings. The summed E-state index contributed by atoms with van der Waals surface area (Å²) in [4.78, 5) is 23.9. The summed E-state index contributed by atoms with van der Waals surface area (Å²) in [5.74, 6) is -5.73. The van der Waals surface area contributed by atoms with Crippen molar-refractivity contribution in [2.75, 3.05) is 5.32 Å². The highest BCUT2D eigenvalue weighted by Crippen LogP contribution is 2.52. The molecule has 2 saturated carbocycles. The first-order valence-electron chi connectivity index (χ1n) is 10.2. The van der Waals surface area contributed by atoms with E-state index in [9.17, 15) is 37.0 Å². The van der Waals surface area contributed by atoms with Gasteiger partial charge in [-0.25, -0.2) is 22.0 Å². The molecule has 33 heavy (non-hydrogen) atoms. The van der Waals surface area contributed by atoms with Gasteiger partial charge in [0.05, 0.1) is 15.2 Å². The number of nitrogens with one attached hydrogen (secondary N) is 1. The molecule has 176 valence electrons. The van der Waals surface area contributed by atoms with Crippen LogP contribution < -0.4 is 5.32 Å². The normalized spacial score (nSPS) is 26.7. The Bertz CT molecular complexity index is 1240. The number of sulfone groups is 1. The van der Waals surface area contributed by atoms with E-state index in [1.54, 1.807) is 0 Å². The Hall–Kier alpha value is -2.56. The number of halogens is 3. The molecule has 7 nitrogen and oxygen atoms in total. The van der Waals surface area contributed by atoms with Gasteiger partial charge in [0.15, 0.2) is 27.1 Å². The lowest BCUT2D eigenvalue weighted by Gasteiger charge is -2.39. The van der Waals surface area contributed by atoms with Crippen LogP contribution in [-0.2, 0) is 14.6 Å². The lowest BCUT2D eigenvalue weighted by molar-refractivity contribution is -0.171. The van der Waals surface area contributed by atoms with E-state index < -0.39 is 56.0 Å². The number of anilines is 1. The molecule has 2 aromatic carbocycles. The van der Waals surface area contributed by atoms with Gasteiger partial charge in [-0.1, -0.05) is 11.6 Å². The van der Waals surface area contributed by atoms with E-state index >= 15 is 0 Å². The number of rotatable bonds is 5. The second kappa shape index (κ2) is 8.34. The van der Waals surface area contributed by atoms with Crippen molar-refractivity contribution in [2.45, 2.75) is 41.4 Å². The maximum atomic E-state index is 13.4. The van der Waals surface area contributed by atoms with Crippen LogP contribution in [0.4, 0.5) is 14.5 Å². The molecule has 0 saturated heterocycles. The van der Waals surface area contributed by atoms with Gasteiger partial charge in [-0.05, 0) is 56.0 Å². The number of hydrogen-bond donors (Lipinski definition) is 3. The summed E-state index contributed by atoms with van der Waals surface area (Å²) in [5, 5.41) is 21.4. The van der Waals surface area contributed by atoms with Crippen molar-refractivity contribution < 1.29 is 37.0 Å². The molecule has 2 fully saturated rings. The van der Waals surface area contributed by atoms with E-state index in [0.29, 0.717) is 12.8 Å². The zero-order chi connectivity index (χ0) is 24.1. The van der Waals surface area contributed by atoms with Gasteiger partial charge in [0, 0.05) is 29.2 Å². The van der Waals surface area contributed by atoms with Crippen LogP contribution in [0, 0.1) is 23.5 Å². The maximum absolute atomic E-state index is 13.4. The van der Waals surface area contributed by atoms with Gasteiger partial charge in [0.1, 0.15) is 0 Å². The largest absolute Gasteiger partial charge is 0.479 e. The van der Waals surface area contributed by atoms with Crippen LogP contribution in [0.5, 0.6) is 0 Å². The SMILES string of the molecule is O=C(Nc1ccc(F)c(F)c1)c1ccc(Cl)c(S(=O)(=O)[C@@H]2CC3CC[C@@H](C2)[C@@]3(O)C(=O)O)c1. The number of aliphatic carboxylic acids is 1. The van der Waals surface area contributed by atoms with Crippen molar-refractivity contribution in [2.24, 2.45) is 11.8 Å². The molecular formula is C22H20ClF2NO6S. The molecule has 0 spiro atoms. The molecule has 0 aliphatic heterocycles. The van der Waals surface area contributed by atoms with Gasteiger partial charge in [0.25, 0.3) is 5.91 Å². The number of carboxylic acids is 1. The standard InChI is InChI=1S/C22H20ClF2NO6S/c23-16-5-1-11(20(27)26-14-4-6-17(24)18(25)10-14)7-19(16)33(31,32)15-8-12-2-3-13(9-15)22(12,30)21(28)29/h1,4-7,10,12-13,15,30H,2-3,8-9H2,(H,26,27)(H,28,29)/t12-,13?,15-,22-/m0/s1. The summed E-state index contributed by atoms with van der Waals surface area (Å²) < 4.78 is 53.3. The Labute approximate surface area is 193 Å². The summed E-state index contributed by atoms with van der Waals surface area (Å²) in [5.41, 5.74) is -2.03. The molecule has 11 heteroatoms. The Morgan fingerprint density at radius 2 is 1.67 bits per heavy atom. The number of amides is 1. The van der Waals surface area contributed by atoms with Crippen molar-refractivity contribution in [3.63, 3.8) is 0 Å². The minimum absolute atomic E-state index is 0.0185. The molecule has 3 N–H and O–H groups in total. The third kappa shape index (κ3) is 4.00. The summed E-state index contributed by atoms with van der Waals surface area (Å²) in [6, 6.07) is 6.45. The lowest BCUT2D eigenvalue weighted by atomic mass is 9.74. The quantitative estimate of drug-likeness (QED) is 0.577. The molecule has 1 unspecified atom stereocenters. The van der Waals surface area contributed by atoms with Gasteiger partial charge in [-0.2, -0.15) is 0 Å². The van der Waals surface area contributed by atoms with E-state index in [4.69, 9.17) is 11.6 Å². The minimum atomic E-state index is -4.06. The highest BCUT2D eigenvalue weighted by atomic mass is 35.5. The second-order valence-corrected chi connectivity index (χ2v) is 11.1. The highest BCUT2D eigenvalue weighted by Gasteiger charge is 2.60. The predicted molar refractivity (Wildman–Crippen MR) is 115 cm³/mol. The van der Waals surface area contributed by atoms with Crippen LogP contribution in [0.25, 0.3) is 0 Å². The smallest absolute Gasteiger partial charge is 0.336 e. The Morgan fingerprint density at radius 3 is 2.24 bits per heavy atom. The molecule has 2 aliphatic carbocycles. The van der Waals surface area contributed by atoms with Gasteiger partial charge in [-0.3, -0.25) is 4.79 Å². The van der Waals surface area contributed by atoms with Crippen molar-refractivity contribution in [3.8, 4) is 0 Å². The molecule has 0 radical (unpaired) electrons. The third-order valence-corrected chi connectivity index (χ3v) is 9.32. The second-order valence-electron chi connectivity index (χ2n) is 8.47. The number of carbonyl (C=O) groups is 2. The Morgan fingerprint density at radius 1 is 1.03 bits per heavy atom. The van der Waals surface area contributed by atoms with E-state index in [0.717, 1.165) is 24.3 Å². The van der Waals surface area contributed by atoms with Crippen molar-refractivity contribution in [1.82, 2.24) is 0 Å². The average molecular weight is 500 g/mol. The molecule has 4 atom stereocenters. The monoisotopic (exact) mass is 499 g/mol. The lowest BCUT2D eigenvalue weighted by Crippen LogP contribution is -2.53. The fourth-order valence-corrected chi connectivity index (χ4v) is 7.33. The first-order valence-corrected chi connectivity index (χ1v) is 12.1. The topological polar surface area (TPSA) is 121 Å². The van der Waals surface area contributed by atoms with Crippen molar-refractivity contribution in [3.05, 3.63) is 58.6 Å². The summed E-state index contributed by atoms with van der Waals surface area (Å²) in [6.07, 6.45) is 0.736. The van der Waals surface area contributed by atoms with Crippen LogP contribution >= 0.6 is 11.6 Å². The van der Waals surface area contributed by atoms with E-state index in [-0.39, 0.29) is 34.0 Å². The van der Waals surface area contributed by atoms with Gasteiger partial charge < -0.3 is 15.5 Å². The number of carboxylic acid groups (broad SMARTS) is 1. The van der Waals surface area contributed by atoms with Crippen LogP contribution in [0.2, 0.25) is 5.02 Å². The van der Waals surface area contributed by atoms with Crippen LogP contribution in [-0.4, -0.2) is 41.4 Å². The molecule has 0 aromatic heterocycles. The zero-order valence-electron chi connectivity index (χ0n) is 17.1. The first-order chi connectivity index (χ1) is 15.4. The molecule has 2 aromatic rings. The zero-order valence-corrected chi connectivity index (χ0v) is 18.7. The number of fused-ring (bicyclic) bond motifs is 2. The Kier molecular flexibility index (Phi) is 5.96. The Balaban J connectivity index is 1.60. The van der Waals surface area contributed by atoms with Crippen molar-refractivity contribution in [1.29, 1.82) is 0 Å². The van der Waals surface area contributed by atoms with Gasteiger partial charge >= 0.3 is 5.97 Å². The van der Waals surface area contributed by atoms with Crippen LogP contribution in [0.3, 0.4) is 0 Å². The maximum Gasteiger partial charge on any atom is 0.336 e. The number of hydrogen-bond acceptors (Lipinski definition) is 5. The number of carbonyl (C=O) groups excluding carboxylic acids is 1. The fourth-order valence-electron chi connectivity index (χ4n) is 4.92.